The second kappa shape index (κ2) is 9.87. The first-order chi connectivity index (χ1) is 16.3. The summed E-state index contributed by atoms with van der Waals surface area (Å²) < 4.78 is 5.63. The van der Waals surface area contributed by atoms with Crippen molar-refractivity contribution in [2.75, 3.05) is 19.7 Å². The third-order valence-corrected chi connectivity index (χ3v) is 7.08. The summed E-state index contributed by atoms with van der Waals surface area (Å²) in [5, 5.41) is 12.1. The predicted octanol–water partition coefficient (Wildman–Crippen LogP) is 4.12. The van der Waals surface area contributed by atoms with Gasteiger partial charge in [0.15, 0.2) is 0 Å². The monoisotopic (exact) mass is 464 g/mol. The van der Waals surface area contributed by atoms with Crippen LogP contribution in [0.3, 0.4) is 0 Å². The number of alkyl carbamates (subject to hydrolysis) is 1. The van der Waals surface area contributed by atoms with Crippen molar-refractivity contribution in [3.05, 3.63) is 59.7 Å². The van der Waals surface area contributed by atoms with Crippen molar-refractivity contribution in [2.45, 2.75) is 39.2 Å². The van der Waals surface area contributed by atoms with Crippen LogP contribution in [-0.2, 0) is 14.3 Å². The highest BCUT2D eigenvalue weighted by Gasteiger charge is 2.37. The van der Waals surface area contributed by atoms with Crippen LogP contribution in [0.5, 0.6) is 0 Å². The lowest BCUT2D eigenvalue weighted by Crippen LogP contribution is -2.55. The van der Waals surface area contributed by atoms with Crippen LogP contribution in [0.1, 0.15) is 44.2 Å². The van der Waals surface area contributed by atoms with E-state index in [2.05, 4.69) is 29.6 Å². The highest BCUT2D eigenvalue weighted by atomic mass is 16.5. The molecule has 2 aromatic carbocycles. The molecule has 0 saturated carbocycles. The molecule has 1 aliphatic heterocycles. The van der Waals surface area contributed by atoms with Crippen LogP contribution in [0.4, 0.5) is 4.79 Å². The second-order valence-corrected chi connectivity index (χ2v) is 9.69. The van der Waals surface area contributed by atoms with Gasteiger partial charge < -0.3 is 20.1 Å². The molecule has 0 bridgehead atoms. The lowest BCUT2D eigenvalue weighted by molar-refractivity contribution is -0.149. The van der Waals surface area contributed by atoms with Gasteiger partial charge in [-0.25, -0.2) is 4.79 Å². The van der Waals surface area contributed by atoms with Crippen LogP contribution in [0.2, 0.25) is 0 Å². The van der Waals surface area contributed by atoms with Crippen LogP contribution in [-0.4, -0.2) is 53.7 Å². The number of ether oxygens (including phenoxy) is 1. The molecular formula is C27H32N2O5. The average molecular weight is 465 g/mol. The molecule has 1 fully saturated rings. The van der Waals surface area contributed by atoms with Gasteiger partial charge in [0.05, 0.1) is 5.92 Å². The third kappa shape index (κ3) is 4.65. The minimum absolute atomic E-state index is 0.0535. The van der Waals surface area contributed by atoms with E-state index in [4.69, 9.17) is 4.74 Å². The molecule has 2 amide bonds. The van der Waals surface area contributed by atoms with E-state index >= 15 is 0 Å². The van der Waals surface area contributed by atoms with Gasteiger partial charge in [0.2, 0.25) is 5.91 Å². The van der Waals surface area contributed by atoms with Gasteiger partial charge in [-0.3, -0.25) is 9.59 Å². The van der Waals surface area contributed by atoms with Gasteiger partial charge in [-0.2, -0.15) is 0 Å². The van der Waals surface area contributed by atoms with Crippen molar-refractivity contribution in [1.29, 1.82) is 0 Å². The molecule has 2 unspecified atom stereocenters. The molecule has 4 rings (SSSR count). The summed E-state index contributed by atoms with van der Waals surface area (Å²) in [6.07, 6.45) is -0.208. The lowest BCUT2D eigenvalue weighted by Gasteiger charge is -2.37. The number of piperidine rings is 1. The minimum atomic E-state index is -0.822. The van der Waals surface area contributed by atoms with Crippen molar-refractivity contribution in [3.8, 4) is 11.1 Å². The summed E-state index contributed by atoms with van der Waals surface area (Å²) >= 11 is 0. The summed E-state index contributed by atoms with van der Waals surface area (Å²) in [6.45, 7) is 6.52. The largest absolute Gasteiger partial charge is 0.481 e. The van der Waals surface area contributed by atoms with E-state index < -0.39 is 24.0 Å². The Labute approximate surface area is 200 Å². The van der Waals surface area contributed by atoms with E-state index in [1.807, 2.05) is 45.0 Å². The molecule has 1 saturated heterocycles. The van der Waals surface area contributed by atoms with E-state index in [1.165, 1.54) is 0 Å². The Kier molecular flexibility index (Phi) is 6.91. The first kappa shape index (κ1) is 23.8. The SMILES string of the molecule is CC1CN(C(=O)[C@@H](NC(=O)OCC2c3ccccc3-c3ccccc32)C(C)C)CCC1C(=O)O. The molecule has 1 aliphatic carbocycles. The van der Waals surface area contributed by atoms with Crippen molar-refractivity contribution < 1.29 is 24.2 Å². The Morgan fingerprint density at radius 2 is 1.65 bits per heavy atom. The summed E-state index contributed by atoms with van der Waals surface area (Å²) in [5.74, 6) is -1.80. The summed E-state index contributed by atoms with van der Waals surface area (Å²) in [5.41, 5.74) is 4.56. The fourth-order valence-electron chi connectivity index (χ4n) is 5.19. The number of nitrogens with zero attached hydrogens (tertiary/aromatic N) is 1. The summed E-state index contributed by atoms with van der Waals surface area (Å²) in [4.78, 5) is 39.0. The molecule has 3 atom stereocenters. The van der Waals surface area contributed by atoms with Gasteiger partial charge in [-0.05, 0) is 40.5 Å². The quantitative estimate of drug-likeness (QED) is 0.671. The first-order valence-electron chi connectivity index (χ1n) is 11.9. The average Bonchev–Trinajstić information content (AvgIpc) is 3.14. The topological polar surface area (TPSA) is 95.9 Å². The molecule has 7 heteroatoms. The Balaban J connectivity index is 1.40. The molecule has 0 aromatic heterocycles. The van der Waals surface area contributed by atoms with E-state index in [9.17, 15) is 19.5 Å². The number of amides is 2. The molecule has 7 nitrogen and oxygen atoms in total. The van der Waals surface area contributed by atoms with Crippen molar-refractivity contribution in [1.82, 2.24) is 10.2 Å². The summed E-state index contributed by atoms with van der Waals surface area (Å²) in [6, 6.07) is 15.5. The predicted molar refractivity (Wildman–Crippen MR) is 128 cm³/mol. The number of aliphatic carboxylic acids is 1. The lowest BCUT2D eigenvalue weighted by atomic mass is 9.86. The van der Waals surface area contributed by atoms with E-state index in [0.717, 1.165) is 22.3 Å². The number of hydrogen-bond donors (Lipinski definition) is 2. The Bertz CT molecular complexity index is 1040. The zero-order valence-electron chi connectivity index (χ0n) is 19.9. The van der Waals surface area contributed by atoms with Crippen molar-refractivity contribution in [2.24, 2.45) is 17.8 Å². The number of carboxylic acid groups (broad SMARTS) is 1. The number of carbonyl (C=O) groups is 3. The number of carbonyl (C=O) groups excluding carboxylic acids is 2. The maximum Gasteiger partial charge on any atom is 0.407 e. The normalized spacial score (nSPS) is 20.4. The number of rotatable bonds is 6. The van der Waals surface area contributed by atoms with E-state index in [-0.39, 0.29) is 30.3 Å². The molecule has 1 heterocycles. The van der Waals surface area contributed by atoms with Crippen molar-refractivity contribution in [3.63, 3.8) is 0 Å². The molecule has 2 N–H and O–H groups in total. The molecule has 2 aromatic rings. The number of hydrogen-bond acceptors (Lipinski definition) is 4. The zero-order chi connectivity index (χ0) is 24.4. The molecule has 34 heavy (non-hydrogen) atoms. The van der Waals surface area contributed by atoms with E-state index in [1.54, 1.807) is 4.90 Å². The van der Waals surface area contributed by atoms with Gasteiger partial charge in [0.1, 0.15) is 12.6 Å². The van der Waals surface area contributed by atoms with Gasteiger partial charge in [0.25, 0.3) is 0 Å². The molecule has 0 spiro atoms. The number of benzene rings is 2. The maximum atomic E-state index is 13.2. The van der Waals surface area contributed by atoms with Gasteiger partial charge in [-0.1, -0.05) is 69.3 Å². The number of fused-ring (bicyclic) bond motifs is 3. The van der Waals surface area contributed by atoms with Crippen LogP contribution >= 0.6 is 0 Å². The van der Waals surface area contributed by atoms with Crippen molar-refractivity contribution >= 4 is 18.0 Å². The fraction of sp³-hybridized carbons (Fsp3) is 0.444. The standard InChI is InChI=1S/C27H32N2O5/c1-16(2)24(25(30)29-13-12-18(26(31)32)17(3)14-29)28-27(33)34-15-23-21-10-6-4-8-19(21)20-9-5-7-11-22(20)23/h4-11,16-18,23-24H,12-15H2,1-3H3,(H,28,33)(H,31,32)/t17?,18?,24-/m0/s1. The highest BCUT2D eigenvalue weighted by molar-refractivity contribution is 5.86. The molecule has 0 radical (unpaired) electrons. The van der Waals surface area contributed by atoms with Crippen LogP contribution in [0.25, 0.3) is 11.1 Å². The van der Waals surface area contributed by atoms with Crippen LogP contribution in [0.15, 0.2) is 48.5 Å². The molecule has 2 aliphatic rings. The zero-order valence-corrected chi connectivity index (χ0v) is 19.9. The first-order valence-corrected chi connectivity index (χ1v) is 11.9. The molecular weight excluding hydrogens is 432 g/mol. The smallest absolute Gasteiger partial charge is 0.407 e. The van der Waals surface area contributed by atoms with Gasteiger partial charge >= 0.3 is 12.1 Å². The Morgan fingerprint density at radius 3 is 2.18 bits per heavy atom. The fourth-order valence-corrected chi connectivity index (χ4v) is 5.19. The van der Waals surface area contributed by atoms with Crippen LogP contribution in [0, 0.1) is 17.8 Å². The number of nitrogens with one attached hydrogen (secondary N) is 1. The third-order valence-electron chi connectivity index (χ3n) is 7.08. The Morgan fingerprint density at radius 1 is 1.06 bits per heavy atom. The van der Waals surface area contributed by atoms with Gasteiger partial charge in [-0.15, -0.1) is 0 Å². The number of likely N-dealkylation sites (tertiary alicyclic amines) is 1. The van der Waals surface area contributed by atoms with E-state index in [0.29, 0.717) is 19.5 Å². The number of carboxylic acids is 1. The highest BCUT2D eigenvalue weighted by Crippen LogP contribution is 2.44. The second-order valence-electron chi connectivity index (χ2n) is 9.69. The maximum absolute atomic E-state index is 13.2. The summed E-state index contributed by atoms with van der Waals surface area (Å²) in [7, 11) is 0. The Hall–Kier alpha value is -3.35. The van der Waals surface area contributed by atoms with Crippen LogP contribution < -0.4 is 5.32 Å². The van der Waals surface area contributed by atoms with Gasteiger partial charge in [0, 0.05) is 19.0 Å². The molecule has 180 valence electrons. The minimum Gasteiger partial charge on any atom is -0.481 e.